The third kappa shape index (κ3) is 2.94. The van der Waals surface area contributed by atoms with E-state index in [1.54, 1.807) is 12.1 Å². The van der Waals surface area contributed by atoms with Crippen molar-refractivity contribution in [3.63, 3.8) is 0 Å². The first-order valence-electron chi connectivity index (χ1n) is 7.69. The summed E-state index contributed by atoms with van der Waals surface area (Å²) in [6, 6.07) is 6.91. The lowest BCUT2D eigenvalue weighted by molar-refractivity contribution is -0.389. The quantitative estimate of drug-likeness (QED) is 0.600. The summed E-state index contributed by atoms with van der Waals surface area (Å²) in [7, 11) is 3.01. The van der Waals surface area contributed by atoms with E-state index >= 15 is 0 Å². The fourth-order valence-corrected chi connectivity index (χ4v) is 2.94. The molecule has 9 heteroatoms. The van der Waals surface area contributed by atoms with Crippen LogP contribution in [0.2, 0.25) is 0 Å². The van der Waals surface area contributed by atoms with Crippen LogP contribution in [-0.2, 0) is 6.42 Å². The Hall–Kier alpha value is -3.49. The van der Waals surface area contributed by atoms with Crippen molar-refractivity contribution in [1.29, 1.82) is 0 Å². The van der Waals surface area contributed by atoms with Gasteiger partial charge in [0.2, 0.25) is 0 Å². The number of nitro groups is 2. The van der Waals surface area contributed by atoms with Crippen LogP contribution in [0.25, 0.3) is 0 Å². The van der Waals surface area contributed by atoms with Gasteiger partial charge in [-0.25, -0.2) is 0 Å². The highest BCUT2D eigenvalue weighted by atomic mass is 16.6. The van der Waals surface area contributed by atoms with Crippen LogP contribution in [-0.4, -0.2) is 36.3 Å². The standard InChI is InChI=1S/C17H15N3O6/c1-25-15-7-10-5-6-18-17(12(10)9-16(15)26-2)13-8-11(19(21)22)3-4-14(13)20(23)24/h3-4,7-9H,5-6H2,1-2H3. The molecule has 0 saturated carbocycles. The average Bonchev–Trinajstić information content (AvgIpc) is 2.65. The first-order valence-corrected chi connectivity index (χ1v) is 7.69. The monoisotopic (exact) mass is 357 g/mol. The van der Waals surface area contributed by atoms with Crippen molar-refractivity contribution in [2.24, 2.45) is 4.99 Å². The summed E-state index contributed by atoms with van der Waals surface area (Å²) in [4.78, 5) is 25.8. The van der Waals surface area contributed by atoms with Gasteiger partial charge in [0.05, 0.1) is 35.3 Å². The largest absolute Gasteiger partial charge is 0.493 e. The predicted octanol–water partition coefficient (Wildman–Crippen LogP) is 2.91. The van der Waals surface area contributed by atoms with Crippen molar-refractivity contribution < 1.29 is 19.3 Å². The maximum Gasteiger partial charge on any atom is 0.279 e. The van der Waals surface area contributed by atoms with Crippen LogP contribution in [0.4, 0.5) is 11.4 Å². The maximum atomic E-state index is 11.4. The Morgan fingerprint density at radius 1 is 0.962 bits per heavy atom. The van der Waals surface area contributed by atoms with E-state index in [0.717, 1.165) is 17.7 Å². The summed E-state index contributed by atoms with van der Waals surface area (Å²) in [5.41, 5.74) is 1.49. The fourth-order valence-electron chi connectivity index (χ4n) is 2.94. The van der Waals surface area contributed by atoms with Crippen molar-refractivity contribution >= 4 is 17.1 Å². The third-order valence-electron chi connectivity index (χ3n) is 4.16. The Morgan fingerprint density at radius 2 is 1.65 bits per heavy atom. The van der Waals surface area contributed by atoms with E-state index in [1.807, 2.05) is 0 Å². The Labute approximate surface area is 148 Å². The van der Waals surface area contributed by atoms with E-state index in [1.165, 1.54) is 20.3 Å². The smallest absolute Gasteiger partial charge is 0.279 e. The van der Waals surface area contributed by atoms with Gasteiger partial charge >= 0.3 is 0 Å². The molecule has 3 rings (SSSR count). The molecule has 0 fully saturated rings. The maximum absolute atomic E-state index is 11.4. The molecule has 0 amide bonds. The Balaban J connectivity index is 2.23. The lowest BCUT2D eigenvalue weighted by Gasteiger charge is -2.19. The van der Waals surface area contributed by atoms with Crippen LogP contribution >= 0.6 is 0 Å². The van der Waals surface area contributed by atoms with Crippen LogP contribution in [0.5, 0.6) is 11.5 Å². The minimum atomic E-state index is -0.591. The molecule has 0 unspecified atom stereocenters. The number of nitrogens with zero attached hydrogens (tertiary/aromatic N) is 3. The molecule has 1 heterocycles. The van der Waals surface area contributed by atoms with Gasteiger partial charge in [-0.3, -0.25) is 25.2 Å². The molecule has 0 atom stereocenters. The first-order chi connectivity index (χ1) is 12.5. The van der Waals surface area contributed by atoms with E-state index in [4.69, 9.17) is 9.47 Å². The van der Waals surface area contributed by atoms with Crippen LogP contribution in [0.1, 0.15) is 16.7 Å². The second-order valence-electron chi connectivity index (χ2n) is 5.56. The lowest BCUT2D eigenvalue weighted by atomic mass is 9.91. The minimum Gasteiger partial charge on any atom is -0.493 e. The van der Waals surface area contributed by atoms with Crippen molar-refractivity contribution in [1.82, 2.24) is 0 Å². The summed E-state index contributed by atoms with van der Waals surface area (Å²) < 4.78 is 10.6. The zero-order chi connectivity index (χ0) is 18.8. The summed E-state index contributed by atoms with van der Waals surface area (Å²) in [5.74, 6) is 0.995. The Bertz CT molecular complexity index is 938. The molecule has 0 aromatic heterocycles. The van der Waals surface area contributed by atoms with Crippen molar-refractivity contribution in [3.8, 4) is 11.5 Å². The number of methoxy groups -OCH3 is 2. The summed E-state index contributed by atoms with van der Waals surface area (Å²) in [5, 5.41) is 22.5. The highest BCUT2D eigenvalue weighted by Crippen LogP contribution is 2.35. The van der Waals surface area contributed by atoms with Crippen LogP contribution < -0.4 is 9.47 Å². The van der Waals surface area contributed by atoms with E-state index in [2.05, 4.69) is 4.99 Å². The van der Waals surface area contributed by atoms with Crippen molar-refractivity contribution in [2.45, 2.75) is 6.42 Å². The summed E-state index contributed by atoms with van der Waals surface area (Å²) >= 11 is 0. The summed E-state index contributed by atoms with van der Waals surface area (Å²) in [6.45, 7) is 0.414. The van der Waals surface area contributed by atoms with Crippen LogP contribution in [0.15, 0.2) is 35.3 Å². The Morgan fingerprint density at radius 3 is 2.27 bits per heavy atom. The molecule has 1 aliphatic heterocycles. The zero-order valence-corrected chi connectivity index (χ0v) is 14.1. The Kier molecular flexibility index (Phi) is 4.53. The zero-order valence-electron chi connectivity index (χ0n) is 14.1. The topological polar surface area (TPSA) is 117 Å². The molecule has 0 spiro atoms. The number of ether oxygens (including phenoxy) is 2. The van der Waals surface area contributed by atoms with E-state index in [-0.39, 0.29) is 16.9 Å². The van der Waals surface area contributed by atoms with Gasteiger partial charge in [-0.1, -0.05) is 0 Å². The number of benzene rings is 2. The normalized spacial score (nSPS) is 12.8. The molecule has 0 bridgehead atoms. The number of hydrogen-bond donors (Lipinski definition) is 0. The van der Waals surface area contributed by atoms with E-state index in [0.29, 0.717) is 35.7 Å². The van der Waals surface area contributed by atoms with Gasteiger partial charge in [0, 0.05) is 30.3 Å². The number of rotatable bonds is 5. The van der Waals surface area contributed by atoms with Crippen LogP contribution in [0.3, 0.4) is 0 Å². The lowest BCUT2D eigenvalue weighted by Crippen LogP contribution is -2.16. The number of nitro benzene ring substituents is 2. The molecule has 0 radical (unpaired) electrons. The summed E-state index contributed by atoms with van der Waals surface area (Å²) in [6.07, 6.45) is 0.627. The number of aliphatic imine (C=N–C) groups is 1. The van der Waals surface area contributed by atoms with Crippen molar-refractivity contribution in [3.05, 3.63) is 67.3 Å². The molecular weight excluding hydrogens is 342 g/mol. The number of fused-ring (bicyclic) bond motifs is 1. The van der Waals surface area contributed by atoms with Crippen LogP contribution in [0, 0.1) is 20.2 Å². The molecule has 0 saturated heterocycles. The number of hydrogen-bond acceptors (Lipinski definition) is 7. The van der Waals surface area contributed by atoms with Crippen molar-refractivity contribution in [2.75, 3.05) is 20.8 Å². The van der Waals surface area contributed by atoms with Gasteiger partial charge < -0.3 is 9.47 Å². The second-order valence-corrected chi connectivity index (χ2v) is 5.56. The van der Waals surface area contributed by atoms with Gasteiger partial charge in [-0.2, -0.15) is 0 Å². The first kappa shape index (κ1) is 17.3. The van der Waals surface area contributed by atoms with Gasteiger partial charge in [-0.15, -0.1) is 0 Å². The minimum absolute atomic E-state index is 0.109. The van der Waals surface area contributed by atoms with Gasteiger partial charge in [0.25, 0.3) is 11.4 Å². The predicted molar refractivity (Wildman–Crippen MR) is 93.5 cm³/mol. The van der Waals surface area contributed by atoms with Gasteiger partial charge in [-0.05, 0) is 24.1 Å². The highest BCUT2D eigenvalue weighted by Gasteiger charge is 2.27. The molecule has 0 aliphatic carbocycles. The average molecular weight is 357 g/mol. The van der Waals surface area contributed by atoms with Gasteiger partial charge in [0.1, 0.15) is 0 Å². The highest BCUT2D eigenvalue weighted by molar-refractivity contribution is 6.17. The SMILES string of the molecule is COc1cc2c(cc1OC)C(c1cc([N+](=O)[O-])ccc1[N+](=O)[O-])=NCC2. The molecule has 2 aromatic carbocycles. The molecule has 0 N–H and O–H groups in total. The fraction of sp³-hybridized carbons (Fsp3) is 0.235. The van der Waals surface area contributed by atoms with Gasteiger partial charge in [0.15, 0.2) is 11.5 Å². The second kappa shape index (κ2) is 6.79. The number of non-ortho nitro benzene ring substituents is 1. The third-order valence-corrected chi connectivity index (χ3v) is 4.16. The molecule has 2 aromatic rings. The molecule has 134 valence electrons. The molecule has 1 aliphatic rings. The van der Waals surface area contributed by atoms with E-state index < -0.39 is 9.85 Å². The molecule has 26 heavy (non-hydrogen) atoms. The van der Waals surface area contributed by atoms with E-state index in [9.17, 15) is 20.2 Å². The molecular formula is C17H15N3O6. The molecule has 9 nitrogen and oxygen atoms in total.